The number of nitrogens with two attached hydrogens (primary N) is 1. The van der Waals surface area contributed by atoms with E-state index in [1.54, 1.807) is 0 Å². The first kappa shape index (κ1) is 8.54. The molecule has 0 bridgehead atoms. The Kier molecular flexibility index (Phi) is 3.37. The van der Waals surface area contributed by atoms with Crippen molar-refractivity contribution in [2.75, 3.05) is 0 Å². The SMILES string of the molecule is C=CCC=C1CCCC(N)C1. The van der Waals surface area contributed by atoms with Gasteiger partial charge in [-0.2, -0.15) is 0 Å². The van der Waals surface area contributed by atoms with Gasteiger partial charge in [0.15, 0.2) is 0 Å². The molecule has 0 spiro atoms. The second-order valence-corrected chi connectivity index (χ2v) is 3.24. The molecule has 1 rings (SSSR count). The molecule has 0 aromatic rings. The quantitative estimate of drug-likeness (QED) is 0.602. The Hall–Kier alpha value is -0.560. The maximum atomic E-state index is 5.83. The predicted octanol–water partition coefficient (Wildman–Crippen LogP) is 2.39. The normalized spacial score (nSPS) is 28.8. The van der Waals surface area contributed by atoms with E-state index >= 15 is 0 Å². The molecule has 0 aromatic heterocycles. The predicted molar refractivity (Wildman–Crippen MR) is 49.3 cm³/mol. The zero-order valence-electron chi connectivity index (χ0n) is 7.05. The number of hydrogen-bond acceptors (Lipinski definition) is 1. The third-order valence-electron chi connectivity index (χ3n) is 2.17. The van der Waals surface area contributed by atoms with Gasteiger partial charge in [0.2, 0.25) is 0 Å². The van der Waals surface area contributed by atoms with E-state index in [9.17, 15) is 0 Å². The summed E-state index contributed by atoms with van der Waals surface area (Å²) in [7, 11) is 0. The van der Waals surface area contributed by atoms with Crippen molar-refractivity contribution in [2.45, 2.75) is 38.1 Å². The zero-order valence-corrected chi connectivity index (χ0v) is 7.05. The van der Waals surface area contributed by atoms with E-state index < -0.39 is 0 Å². The lowest BCUT2D eigenvalue weighted by atomic mass is 9.91. The molecule has 0 aromatic carbocycles. The van der Waals surface area contributed by atoms with Gasteiger partial charge in [0, 0.05) is 6.04 Å². The van der Waals surface area contributed by atoms with E-state index in [0.717, 1.165) is 12.8 Å². The van der Waals surface area contributed by atoms with Crippen LogP contribution in [0.2, 0.25) is 0 Å². The molecule has 0 amide bonds. The molecule has 0 heterocycles. The second-order valence-electron chi connectivity index (χ2n) is 3.24. The molecule has 1 atom stereocenters. The fourth-order valence-electron chi connectivity index (χ4n) is 1.57. The zero-order chi connectivity index (χ0) is 8.10. The van der Waals surface area contributed by atoms with Crippen molar-refractivity contribution in [3.63, 3.8) is 0 Å². The van der Waals surface area contributed by atoms with Crippen molar-refractivity contribution in [3.05, 3.63) is 24.3 Å². The molecular weight excluding hydrogens is 134 g/mol. The first-order valence-electron chi connectivity index (χ1n) is 4.37. The lowest BCUT2D eigenvalue weighted by molar-refractivity contribution is 0.516. The van der Waals surface area contributed by atoms with Crippen molar-refractivity contribution in [1.29, 1.82) is 0 Å². The summed E-state index contributed by atoms with van der Waals surface area (Å²) in [5.74, 6) is 0. The molecule has 2 N–H and O–H groups in total. The summed E-state index contributed by atoms with van der Waals surface area (Å²) >= 11 is 0. The smallest absolute Gasteiger partial charge is 0.00761 e. The maximum Gasteiger partial charge on any atom is 0.00761 e. The summed E-state index contributed by atoms with van der Waals surface area (Å²) in [4.78, 5) is 0. The average molecular weight is 151 g/mol. The minimum absolute atomic E-state index is 0.416. The highest BCUT2D eigenvalue weighted by molar-refractivity contribution is 5.08. The lowest BCUT2D eigenvalue weighted by Crippen LogP contribution is -2.23. The average Bonchev–Trinajstić information content (AvgIpc) is 2.01. The van der Waals surface area contributed by atoms with Crippen LogP contribution in [0.15, 0.2) is 24.3 Å². The summed E-state index contributed by atoms with van der Waals surface area (Å²) in [6.45, 7) is 3.69. The van der Waals surface area contributed by atoms with E-state index in [0.29, 0.717) is 6.04 Å². The minimum atomic E-state index is 0.416. The van der Waals surface area contributed by atoms with Crippen LogP contribution in [-0.4, -0.2) is 6.04 Å². The van der Waals surface area contributed by atoms with Crippen molar-refractivity contribution < 1.29 is 0 Å². The van der Waals surface area contributed by atoms with Crippen LogP contribution < -0.4 is 5.73 Å². The van der Waals surface area contributed by atoms with Crippen LogP contribution in [0.5, 0.6) is 0 Å². The van der Waals surface area contributed by atoms with E-state index in [1.807, 2.05) is 6.08 Å². The van der Waals surface area contributed by atoms with Crippen molar-refractivity contribution in [3.8, 4) is 0 Å². The molecule has 1 aliphatic carbocycles. The Labute approximate surface area is 69.0 Å². The molecule has 1 fully saturated rings. The standard InChI is InChI=1S/C10H17N/c1-2-3-5-9-6-4-7-10(11)8-9/h2,5,10H,1,3-4,6-8,11H2. The fraction of sp³-hybridized carbons (Fsp3) is 0.600. The number of hydrogen-bond donors (Lipinski definition) is 1. The Morgan fingerprint density at radius 3 is 3.09 bits per heavy atom. The van der Waals surface area contributed by atoms with Gasteiger partial charge in [0.1, 0.15) is 0 Å². The first-order chi connectivity index (χ1) is 5.33. The Bertz CT molecular complexity index is 158. The highest BCUT2D eigenvalue weighted by Gasteiger charge is 2.11. The monoisotopic (exact) mass is 151 g/mol. The molecule has 11 heavy (non-hydrogen) atoms. The summed E-state index contributed by atoms with van der Waals surface area (Å²) in [6, 6.07) is 0.416. The van der Waals surface area contributed by atoms with Crippen LogP contribution in [-0.2, 0) is 0 Å². The topological polar surface area (TPSA) is 26.0 Å². The highest BCUT2D eigenvalue weighted by Crippen LogP contribution is 2.22. The minimum Gasteiger partial charge on any atom is -0.327 e. The van der Waals surface area contributed by atoms with Crippen LogP contribution in [0.3, 0.4) is 0 Å². The van der Waals surface area contributed by atoms with Gasteiger partial charge in [-0.1, -0.05) is 17.7 Å². The van der Waals surface area contributed by atoms with Gasteiger partial charge in [-0.15, -0.1) is 6.58 Å². The van der Waals surface area contributed by atoms with Crippen molar-refractivity contribution in [2.24, 2.45) is 5.73 Å². The van der Waals surface area contributed by atoms with E-state index in [4.69, 9.17) is 5.73 Å². The lowest BCUT2D eigenvalue weighted by Gasteiger charge is -2.20. The van der Waals surface area contributed by atoms with E-state index in [2.05, 4.69) is 12.7 Å². The molecule has 0 radical (unpaired) electrons. The van der Waals surface area contributed by atoms with Gasteiger partial charge in [-0.25, -0.2) is 0 Å². The van der Waals surface area contributed by atoms with Crippen LogP contribution in [0.25, 0.3) is 0 Å². The third kappa shape index (κ3) is 2.89. The molecular formula is C10H17N. The maximum absolute atomic E-state index is 5.83. The van der Waals surface area contributed by atoms with Gasteiger partial charge in [-0.3, -0.25) is 0 Å². The van der Waals surface area contributed by atoms with Gasteiger partial charge in [0.25, 0.3) is 0 Å². The Morgan fingerprint density at radius 1 is 1.64 bits per heavy atom. The van der Waals surface area contributed by atoms with Gasteiger partial charge in [0.05, 0.1) is 0 Å². The first-order valence-corrected chi connectivity index (χ1v) is 4.37. The third-order valence-corrected chi connectivity index (χ3v) is 2.17. The summed E-state index contributed by atoms with van der Waals surface area (Å²) in [5.41, 5.74) is 7.36. The molecule has 1 nitrogen and oxygen atoms in total. The Morgan fingerprint density at radius 2 is 2.45 bits per heavy atom. The number of rotatable bonds is 2. The van der Waals surface area contributed by atoms with Crippen LogP contribution in [0.1, 0.15) is 32.1 Å². The van der Waals surface area contributed by atoms with Gasteiger partial charge in [-0.05, 0) is 32.1 Å². The van der Waals surface area contributed by atoms with E-state index in [-0.39, 0.29) is 0 Å². The van der Waals surface area contributed by atoms with Crippen LogP contribution >= 0.6 is 0 Å². The van der Waals surface area contributed by atoms with Crippen molar-refractivity contribution >= 4 is 0 Å². The van der Waals surface area contributed by atoms with Gasteiger partial charge >= 0.3 is 0 Å². The molecule has 1 heteroatoms. The summed E-state index contributed by atoms with van der Waals surface area (Å²) < 4.78 is 0. The molecule has 1 aliphatic rings. The molecule has 1 unspecified atom stereocenters. The molecule has 0 aliphatic heterocycles. The highest BCUT2D eigenvalue weighted by atomic mass is 14.6. The van der Waals surface area contributed by atoms with Gasteiger partial charge < -0.3 is 5.73 Å². The van der Waals surface area contributed by atoms with E-state index in [1.165, 1.54) is 24.8 Å². The number of allylic oxidation sites excluding steroid dienone is 2. The van der Waals surface area contributed by atoms with Crippen LogP contribution in [0.4, 0.5) is 0 Å². The van der Waals surface area contributed by atoms with Crippen LogP contribution in [0, 0.1) is 0 Å². The molecule has 0 saturated heterocycles. The largest absolute Gasteiger partial charge is 0.327 e. The van der Waals surface area contributed by atoms with Crippen molar-refractivity contribution in [1.82, 2.24) is 0 Å². The summed E-state index contributed by atoms with van der Waals surface area (Å²) in [6.07, 6.45) is 10.0. The molecule has 1 saturated carbocycles. The summed E-state index contributed by atoms with van der Waals surface area (Å²) in [5, 5.41) is 0. The Balaban J connectivity index is 2.38. The second kappa shape index (κ2) is 4.35. The molecule has 62 valence electrons. The fourth-order valence-corrected chi connectivity index (χ4v) is 1.57.